The van der Waals surface area contributed by atoms with Crippen LogP contribution in [0.3, 0.4) is 0 Å². The highest BCUT2D eigenvalue weighted by Crippen LogP contribution is 2.49. The van der Waals surface area contributed by atoms with Crippen molar-refractivity contribution < 1.29 is 71.6 Å². The lowest BCUT2D eigenvalue weighted by atomic mass is 9.92. The van der Waals surface area contributed by atoms with Crippen LogP contribution in [0.15, 0.2) is 70.5 Å². The van der Waals surface area contributed by atoms with Crippen molar-refractivity contribution in [3.05, 3.63) is 116 Å². The number of aromatic amines is 4. The number of nitrogen functional groups attached to an aromatic ring is 2. The van der Waals surface area contributed by atoms with Crippen LogP contribution in [0, 0.1) is 11.6 Å². The topological polar surface area (TPSA) is 319 Å². The molecule has 21 nitrogen and oxygen atoms in total. The van der Waals surface area contributed by atoms with Crippen molar-refractivity contribution in [1.29, 1.82) is 0 Å². The van der Waals surface area contributed by atoms with Crippen LogP contribution < -0.4 is 22.6 Å². The Morgan fingerprint density at radius 1 is 0.671 bits per heavy atom. The van der Waals surface area contributed by atoms with Gasteiger partial charge in [0.05, 0.1) is 39.6 Å². The molecule has 0 bridgehead atoms. The molecule has 0 radical (unpaired) electrons. The molecule has 0 saturated carbocycles. The largest absolute Gasteiger partial charge is 0.523 e. The van der Waals surface area contributed by atoms with E-state index in [2.05, 4.69) is 43.1 Å². The van der Waals surface area contributed by atoms with Crippen molar-refractivity contribution in [2.75, 3.05) is 63.8 Å². The quantitative estimate of drug-likeness (QED) is 0.0166. The third-order valence-corrected chi connectivity index (χ3v) is 13.9. The third-order valence-electron chi connectivity index (χ3n) is 9.15. The number of nitrogens with two attached hydrogens (primary N) is 2. The Balaban J connectivity index is 0.000000372. The Morgan fingerprint density at radius 2 is 1.06 bits per heavy atom. The van der Waals surface area contributed by atoms with Crippen LogP contribution in [0.4, 0.5) is 33.8 Å². The summed E-state index contributed by atoms with van der Waals surface area (Å²) >= 11 is 0. The van der Waals surface area contributed by atoms with E-state index in [1.807, 2.05) is 0 Å². The zero-order valence-corrected chi connectivity index (χ0v) is 39.3. The van der Waals surface area contributed by atoms with E-state index in [9.17, 15) is 54.2 Å². The third kappa shape index (κ3) is 15.6. The molecule has 390 valence electrons. The molecule has 0 saturated heterocycles. The first-order valence-corrected chi connectivity index (χ1v) is 25.1. The van der Waals surface area contributed by atoms with Gasteiger partial charge >= 0.3 is 30.8 Å². The fourth-order valence-electron chi connectivity index (χ4n) is 6.35. The van der Waals surface area contributed by atoms with Gasteiger partial charge in [0.1, 0.15) is 40.0 Å². The van der Waals surface area contributed by atoms with Gasteiger partial charge in [-0.2, -0.15) is 21.6 Å². The summed E-state index contributed by atoms with van der Waals surface area (Å²) in [5.41, 5.74) is 7.64. The normalized spacial score (nSPS) is 12.8. The number of fused-ring (bicyclic) bond motifs is 2. The number of hydrogen-bond acceptors (Lipinski definition) is 17. The first-order valence-electron chi connectivity index (χ1n) is 20.2. The molecule has 4 aromatic heterocycles. The molecule has 4 heterocycles. The van der Waals surface area contributed by atoms with Crippen molar-refractivity contribution in [3.8, 4) is 0 Å². The zero-order chi connectivity index (χ0) is 50.5. The summed E-state index contributed by atoms with van der Waals surface area (Å²) in [6.07, 6.45) is 1.51. The Kier molecular flexibility index (Phi) is 23.2. The number of ether oxygens (including phenoxy) is 1. The molecule has 0 amide bonds. The molecule has 0 spiro atoms. The van der Waals surface area contributed by atoms with Gasteiger partial charge in [-0.05, 0) is 51.0 Å². The predicted molar refractivity (Wildman–Crippen MR) is 253 cm³/mol. The lowest BCUT2D eigenvalue weighted by Gasteiger charge is -2.21. The lowest BCUT2D eigenvalue weighted by molar-refractivity contribution is -0.0534. The van der Waals surface area contributed by atoms with E-state index >= 15 is 0 Å². The Labute approximate surface area is 399 Å². The second kappa shape index (κ2) is 26.8. The second-order valence-corrected chi connectivity index (χ2v) is 19.3. The molecule has 2 aromatic carbocycles. The first kappa shape index (κ1) is 60.8. The van der Waals surface area contributed by atoms with Crippen LogP contribution in [0.1, 0.15) is 76.6 Å². The average Bonchev–Trinajstić information content (AvgIpc) is 3.89. The number of anilines is 2. The van der Waals surface area contributed by atoms with E-state index in [1.165, 1.54) is 26.0 Å². The summed E-state index contributed by atoms with van der Waals surface area (Å²) in [6.45, 7) is 6.04. The highest BCUT2D eigenvalue weighted by Gasteiger charge is 2.48. The van der Waals surface area contributed by atoms with Crippen LogP contribution in [-0.4, -0.2) is 101 Å². The number of nitrogens with zero attached hydrogens (tertiary/aromatic N) is 2. The van der Waals surface area contributed by atoms with E-state index in [4.69, 9.17) is 25.3 Å². The number of aliphatic hydroxyl groups is 1. The van der Waals surface area contributed by atoms with Crippen LogP contribution >= 0.6 is 15.2 Å². The van der Waals surface area contributed by atoms with Crippen molar-refractivity contribution in [3.63, 3.8) is 0 Å². The van der Waals surface area contributed by atoms with E-state index in [0.29, 0.717) is 33.3 Å². The molecule has 0 aliphatic carbocycles. The molecule has 6 rings (SSSR count). The van der Waals surface area contributed by atoms with Gasteiger partial charge in [-0.15, -0.1) is 0 Å². The minimum absolute atomic E-state index is 0. The highest BCUT2D eigenvalue weighted by molar-refractivity contribution is 7.87. The second-order valence-electron chi connectivity index (χ2n) is 13.7. The van der Waals surface area contributed by atoms with Crippen LogP contribution in [0.25, 0.3) is 22.1 Å². The molecular weight excluding hydrogens is 1000 g/mol. The van der Waals surface area contributed by atoms with Crippen LogP contribution in [-0.2, 0) is 46.3 Å². The predicted octanol–water partition coefficient (Wildman–Crippen LogP) is 7.79. The molecule has 29 heteroatoms. The number of alkyl halides is 3. The van der Waals surface area contributed by atoms with E-state index in [1.54, 1.807) is 62.6 Å². The van der Waals surface area contributed by atoms with Gasteiger partial charge in [-0.3, -0.25) is 32.9 Å². The van der Waals surface area contributed by atoms with E-state index < -0.39 is 71.8 Å². The summed E-state index contributed by atoms with van der Waals surface area (Å²) in [5.74, 6) is -2.24. The molecule has 0 unspecified atom stereocenters. The maximum atomic E-state index is 14.6. The maximum absolute atomic E-state index is 14.6. The molecule has 6 aromatic rings. The standard InChI is InChI=1S/C19H24FN4O5P.C14H13FN4O2.C6H12F3O6PS.2CH4/c1-3-28-30(26,29-4-2)11-27-10-14(12-7-5-6-8-15(12)20)13-9-22-17-16(13)23-19(21)24-18(17)25;15-10-4-2-1-3-7(10)9(6-20)8-5-17-12-11(8)18-14(16)19-13(12)21;1-3-13-16(10,14-4-2)5-15-17(11,12)6(7,8)9;;/h5-9,14,22H,3-4,10-11H2,1-2H3,(H3,21,23,24,25);1-5,9,17,20H,6H2,(H3,16,18,19,21);3-5H2,1-2H3;2*1H4/t14-;9-;;;/m00.../s1. The number of aliphatic hydroxyl groups excluding tert-OH is 1. The first-order chi connectivity index (χ1) is 32.1. The molecule has 70 heavy (non-hydrogen) atoms. The lowest BCUT2D eigenvalue weighted by Crippen LogP contribution is -2.26. The number of nitrogens with one attached hydrogen (secondary N) is 4. The van der Waals surface area contributed by atoms with Gasteiger partial charge in [0.2, 0.25) is 11.9 Å². The molecule has 2 atom stereocenters. The summed E-state index contributed by atoms with van der Waals surface area (Å²) < 4.78 is 138. The van der Waals surface area contributed by atoms with Crippen LogP contribution in [0.5, 0.6) is 0 Å². The highest BCUT2D eigenvalue weighted by atomic mass is 32.2. The molecular formula is C41H57F5N8O13P2S. The fraction of sp³-hybridized carbons (Fsp3) is 0.415. The van der Waals surface area contributed by atoms with Gasteiger partial charge in [0, 0.05) is 35.4 Å². The monoisotopic (exact) mass is 1060 g/mol. The van der Waals surface area contributed by atoms with Gasteiger partial charge in [-0.25, -0.2) is 18.7 Å². The van der Waals surface area contributed by atoms with Gasteiger partial charge in [0.25, 0.3) is 11.1 Å². The molecule has 9 N–H and O–H groups in total. The smallest absolute Gasteiger partial charge is 0.395 e. The molecule has 0 aliphatic rings. The fourth-order valence-corrected chi connectivity index (χ4v) is 9.91. The Morgan fingerprint density at radius 3 is 1.44 bits per heavy atom. The number of aromatic nitrogens is 6. The number of halogens is 5. The van der Waals surface area contributed by atoms with Crippen molar-refractivity contribution in [1.82, 2.24) is 29.9 Å². The summed E-state index contributed by atoms with van der Waals surface area (Å²) in [7, 11) is -13.2. The minimum atomic E-state index is -5.80. The SMILES string of the molecule is C.C.CCOP(=O)(COC[C@@H](c1ccccc1F)c1c[nH]c2c(=O)[nH]c(N)nc12)OCC.CCOP(=O)(COS(=O)(=O)C(F)(F)F)OCC.Nc1nc2c([C@@H](CO)c3ccccc3F)c[nH]c2c(=O)[nH]1. The number of H-pyrrole nitrogens is 4. The van der Waals surface area contributed by atoms with Gasteiger partial charge in [0.15, 0.2) is 6.35 Å². The van der Waals surface area contributed by atoms with Crippen molar-refractivity contribution in [2.45, 2.75) is 59.9 Å². The number of rotatable bonds is 20. The number of benzene rings is 2. The molecule has 0 aliphatic heterocycles. The van der Waals surface area contributed by atoms with Gasteiger partial charge in [-0.1, -0.05) is 51.3 Å². The van der Waals surface area contributed by atoms with E-state index in [-0.39, 0.29) is 83.8 Å². The average molecular weight is 1060 g/mol. The summed E-state index contributed by atoms with van der Waals surface area (Å²) in [4.78, 5) is 42.6. The molecule has 0 fully saturated rings. The van der Waals surface area contributed by atoms with Gasteiger partial charge < -0.3 is 49.4 Å². The Bertz CT molecular complexity index is 2930. The van der Waals surface area contributed by atoms with E-state index in [0.717, 1.165) is 0 Å². The summed E-state index contributed by atoms with van der Waals surface area (Å²) in [5, 5.41) is 9.65. The van der Waals surface area contributed by atoms with Crippen molar-refractivity contribution in [2.24, 2.45) is 0 Å². The summed E-state index contributed by atoms with van der Waals surface area (Å²) in [6, 6.07) is 12.4. The minimum Gasteiger partial charge on any atom is -0.395 e. The Hall–Kier alpha value is -5.34. The zero-order valence-electron chi connectivity index (χ0n) is 36.7. The van der Waals surface area contributed by atoms with Crippen LogP contribution in [0.2, 0.25) is 0 Å². The maximum Gasteiger partial charge on any atom is 0.523 e. The number of hydrogen-bond donors (Lipinski definition) is 7. The van der Waals surface area contributed by atoms with Crippen molar-refractivity contribution >= 4 is 59.3 Å².